The maximum atomic E-state index is 13.6. The molecule has 0 saturated carbocycles. The minimum Gasteiger partial charge on any atom is -0.391 e. The zero-order valence-corrected chi connectivity index (χ0v) is 10.3. The largest absolute Gasteiger partial charge is 0.391 e. The van der Waals surface area contributed by atoms with Gasteiger partial charge >= 0.3 is 0 Å². The predicted molar refractivity (Wildman–Crippen MR) is 70.3 cm³/mol. The van der Waals surface area contributed by atoms with Crippen LogP contribution in [0.2, 0.25) is 0 Å². The topological polar surface area (TPSA) is 49.2 Å². The first-order chi connectivity index (χ1) is 9.24. The number of aliphatic hydroxyl groups excluding tert-OH is 1. The molecule has 0 radical (unpaired) electrons. The summed E-state index contributed by atoms with van der Waals surface area (Å²) in [6.45, 7) is 1.35. The number of halogens is 1. The van der Waals surface area contributed by atoms with Gasteiger partial charge in [0.05, 0.1) is 11.8 Å². The third-order valence-electron chi connectivity index (χ3n) is 3.29. The Kier molecular flexibility index (Phi) is 3.13. The van der Waals surface area contributed by atoms with Crippen molar-refractivity contribution in [3.8, 4) is 11.3 Å². The summed E-state index contributed by atoms with van der Waals surface area (Å²) >= 11 is 0. The van der Waals surface area contributed by atoms with Crippen LogP contribution >= 0.6 is 0 Å². The fourth-order valence-electron chi connectivity index (χ4n) is 2.26. The number of hydrogen-bond acceptors (Lipinski definition) is 4. The molecule has 1 atom stereocenters. The molecule has 0 aliphatic carbocycles. The lowest BCUT2D eigenvalue weighted by atomic mass is 10.1. The molecule has 5 heteroatoms. The van der Waals surface area contributed by atoms with Crippen molar-refractivity contribution < 1.29 is 9.50 Å². The fraction of sp³-hybridized carbons (Fsp3) is 0.286. The van der Waals surface area contributed by atoms with Crippen molar-refractivity contribution in [2.75, 3.05) is 18.0 Å². The second kappa shape index (κ2) is 4.93. The van der Waals surface area contributed by atoms with Gasteiger partial charge in [-0.1, -0.05) is 12.1 Å². The highest BCUT2D eigenvalue weighted by molar-refractivity contribution is 5.60. The number of nitrogens with zero attached hydrogens (tertiary/aromatic N) is 3. The van der Waals surface area contributed by atoms with Crippen molar-refractivity contribution in [2.45, 2.75) is 12.5 Å². The molecule has 1 aromatic carbocycles. The number of aliphatic hydroxyl groups is 1. The molecule has 2 aromatic rings. The molecule has 3 rings (SSSR count). The van der Waals surface area contributed by atoms with Gasteiger partial charge in [-0.25, -0.2) is 4.39 Å². The van der Waals surface area contributed by atoms with E-state index in [0.717, 1.165) is 18.8 Å². The lowest BCUT2D eigenvalue weighted by Crippen LogP contribution is -2.22. The Balaban J connectivity index is 1.85. The molecule has 4 nitrogen and oxygen atoms in total. The van der Waals surface area contributed by atoms with E-state index in [4.69, 9.17) is 0 Å². The third-order valence-corrected chi connectivity index (χ3v) is 3.29. The maximum absolute atomic E-state index is 13.6. The summed E-state index contributed by atoms with van der Waals surface area (Å²) in [5.41, 5.74) is 0.963. The van der Waals surface area contributed by atoms with E-state index in [1.807, 2.05) is 11.0 Å². The van der Waals surface area contributed by atoms with Crippen molar-refractivity contribution in [1.29, 1.82) is 0 Å². The maximum Gasteiger partial charge on any atom is 0.151 e. The molecule has 1 unspecified atom stereocenters. The van der Waals surface area contributed by atoms with E-state index >= 15 is 0 Å². The molecule has 0 amide bonds. The Labute approximate surface area is 110 Å². The molecule has 2 heterocycles. The van der Waals surface area contributed by atoms with Crippen molar-refractivity contribution in [1.82, 2.24) is 10.2 Å². The Hall–Kier alpha value is -2.01. The molecular weight excluding hydrogens is 245 g/mol. The van der Waals surface area contributed by atoms with E-state index in [1.54, 1.807) is 24.3 Å². The van der Waals surface area contributed by atoms with Gasteiger partial charge in [0.1, 0.15) is 5.82 Å². The van der Waals surface area contributed by atoms with Gasteiger partial charge in [0.25, 0.3) is 0 Å². The Morgan fingerprint density at radius 2 is 2.00 bits per heavy atom. The van der Waals surface area contributed by atoms with Gasteiger partial charge in [0.15, 0.2) is 5.82 Å². The SMILES string of the molecule is OC1CCN(c2ccc(-c3ccccc3F)nn2)C1. The number of rotatable bonds is 2. The van der Waals surface area contributed by atoms with Crippen LogP contribution in [0.15, 0.2) is 36.4 Å². The van der Waals surface area contributed by atoms with E-state index < -0.39 is 0 Å². The molecule has 1 N–H and O–H groups in total. The molecule has 1 aliphatic rings. The summed E-state index contributed by atoms with van der Waals surface area (Å²) in [4.78, 5) is 1.97. The smallest absolute Gasteiger partial charge is 0.151 e. The minimum atomic E-state index is -0.304. The van der Waals surface area contributed by atoms with Crippen LogP contribution in [0.5, 0.6) is 0 Å². The molecule has 1 saturated heterocycles. The van der Waals surface area contributed by atoms with Crippen molar-refractivity contribution in [2.24, 2.45) is 0 Å². The van der Waals surface area contributed by atoms with Crippen LogP contribution in [0.1, 0.15) is 6.42 Å². The van der Waals surface area contributed by atoms with Crippen LogP contribution in [-0.2, 0) is 0 Å². The average Bonchev–Trinajstić information content (AvgIpc) is 2.86. The molecular formula is C14H14FN3O. The van der Waals surface area contributed by atoms with Crippen molar-refractivity contribution in [3.05, 3.63) is 42.2 Å². The summed E-state index contributed by atoms with van der Waals surface area (Å²) in [7, 11) is 0. The minimum absolute atomic E-state index is 0.298. The second-order valence-corrected chi connectivity index (χ2v) is 4.65. The highest BCUT2D eigenvalue weighted by Crippen LogP contribution is 2.22. The zero-order valence-electron chi connectivity index (χ0n) is 10.3. The molecule has 19 heavy (non-hydrogen) atoms. The first-order valence-corrected chi connectivity index (χ1v) is 6.25. The molecule has 1 fully saturated rings. The summed E-state index contributed by atoms with van der Waals surface area (Å²) < 4.78 is 13.6. The van der Waals surface area contributed by atoms with Gasteiger partial charge < -0.3 is 10.0 Å². The molecule has 1 aromatic heterocycles. The van der Waals surface area contributed by atoms with Crippen LogP contribution in [0.3, 0.4) is 0 Å². The number of anilines is 1. The third kappa shape index (κ3) is 2.42. The molecule has 0 bridgehead atoms. The first kappa shape index (κ1) is 12.0. The summed E-state index contributed by atoms with van der Waals surface area (Å²) in [5, 5.41) is 17.7. The summed E-state index contributed by atoms with van der Waals surface area (Å²) in [6.07, 6.45) is 0.449. The molecule has 98 valence electrons. The van der Waals surface area contributed by atoms with Gasteiger partial charge in [-0.05, 0) is 30.7 Å². The number of hydrogen-bond donors (Lipinski definition) is 1. The van der Waals surface area contributed by atoms with E-state index in [2.05, 4.69) is 10.2 Å². The van der Waals surface area contributed by atoms with Crippen LogP contribution < -0.4 is 4.90 Å². The first-order valence-electron chi connectivity index (χ1n) is 6.25. The normalized spacial score (nSPS) is 18.8. The van der Waals surface area contributed by atoms with Crippen molar-refractivity contribution >= 4 is 5.82 Å². The fourth-order valence-corrected chi connectivity index (χ4v) is 2.26. The monoisotopic (exact) mass is 259 g/mol. The highest BCUT2D eigenvalue weighted by atomic mass is 19.1. The van der Waals surface area contributed by atoms with E-state index in [-0.39, 0.29) is 11.9 Å². The van der Waals surface area contributed by atoms with Crippen LogP contribution in [0.4, 0.5) is 10.2 Å². The number of β-amino-alcohol motifs (C(OH)–C–C–N with tert-alkyl or cyclic N) is 1. The predicted octanol–water partition coefficient (Wildman–Crippen LogP) is 1.85. The van der Waals surface area contributed by atoms with Gasteiger partial charge in [-0.3, -0.25) is 0 Å². The number of benzene rings is 1. The van der Waals surface area contributed by atoms with Gasteiger partial charge in [-0.2, -0.15) is 0 Å². The van der Waals surface area contributed by atoms with Crippen LogP contribution in [-0.4, -0.2) is 34.5 Å². The van der Waals surface area contributed by atoms with Crippen LogP contribution in [0, 0.1) is 5.82 Å². The molecule has 0 spiro atoms. The Morgan fingerprint density at radius 1 is 1.16 bits per heavy atom. The quantitative estimate of drug-likeness (QED) is 0.894. The average molecular weight is 259 g/mol. The highest BCUT2D eigenvalue weighted by Gasteiger charge is 2.21. The second-order valence-electron chi connectivity index (χ2n) is 4.65. The summed E-state index contributed by atoms with van der Waals surface area (Å²) in [5.74, 6) is 0.415. The van der Waals surface area contributed by atoms with Gasteiger partial charge in [-0.15, -0.1) is 10.2 Å². The zero-order chi connectivity index (χ0) is 13.2. The summed E-state index contributed by atoms with van der Waals surface area (Å²) in [6, 6.07) is 10.1. The lowest BCUT2D eigenvalue weighted by molar-refractivity contribution is 0.198. The van der Waals surface area contributed by atoms with Crippen LogP contribution in [0.25, 0.3) is 11.3 Å². The lowest BCUT2D eigenvalue weighted by Gasteiger charge is -2.15. The Bertz CT molecular complexity index is 573. The van der Waals surface area contributed by atoms with Gasteiger partial charge in [0, 0.05) is 18.7 Å². The van der Waals surface area contributed by atoms with E-state index in [9.17, 15) is 9.50 Å². The van der Waals surface area contributed by atoms with Gasteiger partial charge in [0.2, 0.25) is 0 Å². The van der Waals surface area contributed by atoms with E-state index in [0.29, 0.717) is 17.8 Å². The Morgan fingerprint density at radius 3 is 2.63 bits per heavy atom. The molecule has 1 aliphatic heterocycles. The van der Waals surface area contributed by atoms with E-state index in [1.165, 1.54) is 6.07 Å². The standard InChI is InChI=1S/C14H14FN3O/c15-12-4-2-1-3-11(12)13-5-6-14(17-16-13)18-8-7-10(19)9-18/h1-6,10,19H,7-9H2. The van der Waals surface area contributed by atoms with Crippen molar-refractivity contribution in [3.63, 3.8) is 0 Å². The number of aromatic nitrogens is 2.